The Bertz CT molecular complexity index is 336. The molecule has 0 aliphatic carbocycles. The van der Waals surface area contributed by atoms with Crippen molar-refractivity contribution >= 4 is 21.6 Å². The zero-order valence-corrected chi connectivity index (χ0v) is 9.26. The Kier molecular flexibility index (Phi) is 2.30. The molecule has 1 aliphatic heterocycles. The quantitative estimate of drug-likeness (QED) is 0.704. The van der Waals surface area contributed by atoms with Gasteiger partial charge in [0.25, 0.3) is 0 Å². The van der Waals surface area contributed by atoms with E-state index in [9.17, 15) is 0 Å². The summed E-state index contributed by atoms with van der Waals surface area (Å²) in [7, 11) is 2.15. The van der Waals surface area contributed by atoms with Crippen molar-refractivity contribution in [2.24, 2.45) is 0 Å². The fourth-order valence-corrected chi connectivity index (χ4v) is 2.36. The molecular formula is C10H13BrN2. The van der Waals surface area contributed by atoms with Gasteiger partial charge < -0.3 is 10.6 Å². The lowest BCUT2D eigenvalue weighted by molar-refractivity contribution is 0.312. The molecule has 2 N–H and O–H groups in total. The number of likely N-dealkylation sites (N-methyl/N-ethyl adjacent to an activating group) is 1. The van der Waals surface area contributed by atoms with Crippen LogP contribution in [0.5, 0.6) is 0 Å². The molecule has 0 saturated carbocycles. The molecule has 2 nitrogen and oxygen atoms in total. The molecule has 1 aromatic carbocycles. The summed E-state index contributed by atoms with van der Waals surface area (Å²) < 4.78 is 1.10. The van der Waals surface area contributed by atoms with Crippen LogP contribution in [0.4, 0.5) is 5.69 Å². The molecule has 2 rings (SSSR count). The topological polar surface area (TPSA) is 29.3 Å². The van der Waals surface area contributed by atoms with Gasteiger partial charge in [0.15, 0.2) is 0 Å². The number of benzene rings is 1. The van der Waals surface area contributed by atoms with E-state index in [1.54, 1.807) is 0 Å². The maximum Gasteiger partial charge on any atom is 0.0461 e. The highest BCUT2D eigenvalue weighted by Gasteiger charge is 2.16. The molecule has 0 radical (unpaired) electrons. The van der Waals surface area contributed by atoms with E-state index in [0.717, 1.165) is 29.7 Å². The number of nitrogens with zero attached hydrogens (tertiary/aromatic N) is 1. The van der Waals surface area contributed by atoms with Crippen molar-refractivity contribution in [3.63, 3.8) is 0 Å². The SMILES string of the molecule is CN1CCc2c(ccc(N)c2Br)C1. The normalized spacial score (nSPS) is 17.1. The Hall–Kier alpha value is -0.540. The molecule has 0 amide bonds. The van der Waals surface area contributed by atoms with Crippen molar-refractivity contribution in [3.05, 3.63) is 27.7 Å². The van der Waals surface area contributed by atoms with Crippen LogP contribution in [0.2, 0.25) is 0 Å². The van der Waals surface area contributed by atoms with Gasteiger partial charge in [-0.2, -0.15) is 0 Å². The third-order valence-electron chi connectivity index (χ3n) is 2.55. The van der Waals surface area contributed by atoms with Gasteiger partial charge in [-0.05, 0) is 46.6 Å². The summed E-state index contributed by atoms with van der Waals surface area (Å²) in [4.78, 5) is 2.32. The van der Waals surface area contributed by atoms with Gasteiger partial charge in [-0.3, -0.25) is 0 Å². The smallest absolute Gasteiger partial charge is 0.0461 e. The van der Waals surface area contributed by atoms with Gasteiger partial charge in [-0.1, -0.05) is 6.07 Å². The third-order valence-corrected chi connectivity index (χ3v) is 3.49. The van der Waals surface area contributed by atoms with Crippen molar-refractivity contribution in [2.45, 2.75) is 13.0 Å². The van der Waals surface area contributed by atoms with E-state index >= 15 is 0 Å². The molecule has 0 fully saturated rings. The highest BCUT2D eigenvalue weighted by atomic mass is 79.9. The highest BCUT2D eigenvalue weighted by Crippen LogP contribution is 2.30. The van der Waals surface area contributed by atoms with Crippen LogP contribution in [0.25, 0.3) is 0 Å². The molecule has 1 heterocycles. The summed E-state index contributed by atoms with van der Waals surface area (Å²) in [5.41, 5.74) is 9.45. The highest BCUT2D eigenvalue weighted by molar-refractivity contribution is 9.10. The molecule has 3 heteroatoms. The number of halogens is 1. The van der Waals surface area contributed by atoms with E-state index in [0.29, 0.717) is 0 Å². The van der Waals surface area contributed by atoms with Gasteiger partial charge in [0.2, 0.25) is 0 Å². The molecule has 0 atom stereocenters. The summed E-state index contributed by atoms with van der Waals surface area (Å²) in [6.45, 7) is 2.16. The molecule has 1 aliphatic rings. The van der Waals surface area contributed by atoms with Crippen molar-refractivity contribution < 1.29 is 0 Å². The third kappa shape index (κ3) is 1.58. The summed E-state index contributed by atoms with van der Waals surface area (Å²) in [6, 6.07) is 4.10. The van der Waals surface area contributed by atoms with Crippen LogP contribution in [0.3, 0.4) is 0 Å². The maximum absolute atomic E-state index is 5.82. The molecule has 13 heavy (non-hydrogen) atoms. The first kappa shape index (κ1) is 9.03. The number of hydrogen-bond acceptors (Lipinski definition) is 2. The number of fused-ring (bicyclic) bond motifs is 1. The van der Waals surface area contributed by atoms with E-state index < -0.39 is 0 Å². The second kappa shape index (κ2) is 3.31. The van der Waals surface area contributed by atoms with E-state index in [4.69, 9.17) is 5.73 Å². The fourth-order valence-electron chi connectivity index (χ4n) is 1.77. The number of nitrogens with two attached hydrogens (primary N) is 1. The number of anilines is 1. The number of rotatable bonds is 0. The molecule has 70 valence electrons. The van der Waals surface area contributed by atoms with E-state index in [1.165, 1.54) is 11.1 Å². The minimum atomic E-state index is 0.850. The van der Waals surface area contributed by atoms with E-state index in [1.807, 2.05) is 6.07 Å². The lowest BCUT2D eigenvalue weighted by atomic mass is 9.99. The number of hydrogen-bond donors (Lipinski definition) is 1. The average Bonchev–Trinajstić information content (AvgIpc) is 2.12. The second-order valence-electron chi connectivity index (χ2n) is 3.59. The summed E-state index contributed by atoms with van der Waals surface area (Å²) in [5, 5.41) is 0. The molecular weight excluding hydrogens is 228 g/mol. The lowest BCUT2D eigenvalue weighted by Crippen LogP contribution is -2.26. The Labute approximate surface area is 86.9 Å². The Morgan fingerprint density at radius 2 is 2.23 bits per heavy atom. The van der Waals surface area contributed by atoms with Gasteiger partial charge >= 0.3 is 0 Å². The van der Waals surface area contributed by atoms with Crippen LogP contribution < -0.4 is 5.73 Å². The first-order valence-corrected chi connectivity index (χ1v) is 5.22. The molecule has 1 aromatic rings. The van der Waals surface area contributed by atoms with Gasteiger partial charge in [0, 0.05) is 23.2 Å². The van der Waals surface area contributed by atoms with Gasteiger partial charge in [-0.15, -0.1) is 0 Å². The van der Waals surface area contributed by atoms with Crippen molar-refractivity contribution in [2.75, 3.05) is 19.3 Å². The van der Waals surface area contributed by atoms with Crippen LogP contribution in [-0.4, -0.2) is 18.5 Å². The van der Waals surface area contributed by atoms with Crippen molar-refractivity contribution in [1.29, 1.82) is 0 Å². The Morgan fingerprint density at radius 3 is 3.00 bits per heavy atom. The van der Waals surface area contributed by atoms with Gasteiger partial charge in [0.05, 0.1) is 0 Å². The molecule has 0 bridgehead atoms. The first-order valence-electron chi connectivity index (χ1n) is 4.43. The second-order valence-corrected chi connectivity index (χ2v) is 4.39. The van der Waals surface area contributed by atoms with Gasteiger partial charge in [-0.25, -0.2) is 0 Å². The Morgan fingerprint density at radius 1 is 1.46 bits per heavy atom. The van der Waals surface area contributed by atoms with Gasteiger partial charge in [0.1, 0.15) is 0 Å². The monoisotopic (exact) mass is 240 g/mol. The van der Waals surface area contributed by atoms with Crippen LogP contribution >= 0.6 is 15.9 Å². The predicted octanol–water partition coefficient (Wildman–Crippen LogP) is 2.02. The first-order chi connectivity index (χ1) is 6.18. The average molecular weight is 241 g/mol. The van der Waals surface area contributed by atoms with E-state index in [2.05, 4.69) is 33.9 Å². The summed E-state index contributed by atoms with van der Waals surface area (Å²) in [5.74, 6) is 0. The molecule has 0 aromatic heterocycles. The van der Waals surface area contributed by atoms with Crippen LogP contribution in [0.15, 0.2) is 16.6 Å². The van der Waals surface area contributed by atoms with Crippen molar-refractivity contribution in [1.82, 2.24) is 4.90 Å². The maximum atomic E-state index is 5.82. The zero-order valence-electron chi connectivity index (χ0n) is 7.68. The summed E-state index contributed by atoms with van der Waals surface area (Å²) in [6.07, 6.45) is 1.09. The van der Waals surface area contributed by atoms with Crippen LogP contribution in [-0.2, 0) is 13.0 Å². The van der Waals surface area contributed by atoms with Crippen LogP contribution in [0, 0.1) is 0 Å². The molecule has 0 spiro atoms. The minimum Gasteiger partial charge on any atom is -0.398 e. The largest absolute Gasteiger partial charge is 0.398 e. The zero-order chi connectivity index (χ0) is 9.42. The van der Waals surface area contributed by atoms with Crippen LogP contribution in [0.1, 0.15) is 11.1 Å². The molecule has 0 saturated heterocycles. The predicted molar refractivity (Wildman–Crippen MR) is 58.6 cm³/mol. The van der Waals surface area contributed by atoms with E-state index in [-0.39, 0.29) is 0 Å². The molecule has 0 unspecified atom stereocenters. The standard InChI is InChI=1S/C10H13BrN2/c1-13-5-4-8-7(6-13)2-3-9(12)10(8)11/h2-3H,4-6,12H2,1H3. The Balaban J connectivity index is 2.47. The fraction of sp³-hybridized carbons (Fsp3) is 0.400. The summed E-state index contributed by atoms with van der Waals surface area (Å²) >= 11 is 3.54. The number of nitrogen functional groups attached to an aromatic ring is 1. The lowest BCUT2D eigenvalue weighted by Gasteiger charge is -2.26. The minimum absolute atomic E-state index is 0.850. The van der Waals surface area contributed by atoms with Crippen molar-refractivity contribution in [3.8, 4) is 0 Å².